The molecule has 4 heterocycles. The van der Waals surface area contributed by atoms with Crippen LogP contribution in [0.3, 0.4) is 0 Å². The third kappa shape index (κ3) is 22.5. The SMILES string of the molecule is CC(C)C[C@@H]1NC[C@H](CCS(C)(=O)=O)NC(C)[C@H](C)N2CCCC2=CN(C)C(CC2CCCCC2)=CN(C)C=CN=C(CCc2ccc(C(F)(F)F)c(Cl)c2)C=CNCCNCC2(CCCC2)NC(C)[C@H](C(C)C)N2C(C)[C@H](C(=O)N3CCCCC3)C2CNC1C. The molecule has 91 heavy (non-hydrogen) atoms. The fourth-order valence-corrected chi connectivity index (χ4v) is 16.9. The first-order valence-electron chi connectivity index (χ1n) is 35.3. The van der Waals surface area contributed by atoms with Crippen LogP contribution in [-0.4, -0.2) is 183 Å². The van der Waals surface area contributed by atoms with Gasteiger partial charge < -0.3 is 51.5 Å². The Labute approximate surface area is 553 Å². The zero-order valence-corrected chi connectivity index (χ0v) is 59.4. The lowest BCUT2D eigenvalue weighted by Gasteiger charge is -2.60. The van der Waals surface area contributed by atoms with E-state index in [0.717, 1.165) is 95.9 Å². The van der Waals surface area contributed by atoms with Crippen molar-refractivity contribution < 1.29 is 26.4 Å². The summed E-state index contributed by atoms with van der Waals surface area (Å²) in [6, 6.07) is 4.67. The van der Waals surface area contributed by atoms with Crippen LogP contribution in [0.15, 0.2) is 71.7 Å². The Morgan fingerprint density at radius 1 is 0.835 bits per heavy atom. The number of rotatable bonds is 12. The maximum absolute atomic E-state index is 14.8. The molecule has 516 valence electrons. The maximum atomic E-state index is 14.8. The lowest BCUT2D eigenvalue weighted by atomic mass is 9.74. The zero-order valence-electron chi connectivity index (χ0n) is 57.8. The summed E-state index contributed by atoms with van der Waals surface area (Å²) in [5.74, 6) is 1.62. The number of nitrogens with one attached hydrogen (secondary N) is 6. The molecule has 20 heteroatoms. The number of fused-ring (bicyclic) bond motifs is 2. The van der Waals surface area contributed by atoms with Gasteiger partial charge in [-0.15, -0.1) is 0 Å². The number of allylic oxidation sites excluding steroid dienone is 3. The van der Waals surface area contributed by atoms with Crippen LogP contribution in [0.5, 0.6) is 0 Å². The number of amides is 1. The predicted molar refractivity (Wildman–Crippen MR) is 371 cm³/mol. The highest BCUT2D eigenvalue weighted by molar-refractivity contribution is 7.90. The van der Waals surface area contributed by atoms with Crippen molar-refractivity contribution >= 4 is 33.1 Å². The highest BCUT2D eigenvalue weighted by Gasteiger charge is 2.55. The molecule has 2 saturated carbocycles. The summed E-state index contributed by atoms with van der Waals surface area (Å²) in [6.45, 7) is 26.9. The second-order valence-corrected chi connectivity index (χ2v) is 31.9. The molecule has 1 spiro atoms. The maximum Gasteiger partial charge on any atom is 0.417 e. The van der Waals surface area contributed by atoms with Gasteiger partial charge in [0.1, 0.15) is 9.84 Å². The first-order chi connectivity index (χ1) is 43.2. The molecule has 6 N–H and O–H groups in total. The van der Waals surface area contributed by atoms with E-state index in [1.165, 1.54) is 81.1 Å². The van der Waals surface area contributed by atoms with E-state index >= 15 is 0 Å². The van der Waals surface area contributed by atoms with E-state index in [2.05, 4.69) is 138 Å². The van der Waals surface area contributed by atoms with Gasteiger partial charge in [0.15, 0.2) is 0 Å². The number of aryl methyl sites for hydroxylation is 1. The molecule has 1 aromatic rings. The fraction of sp³-hybridized carbons (Fsp3) is 0.775. The fourth-order valence-electron chi connectivity index (χ4n) is 15.8. The normalized spacial score (nSPS) is 29.5. The van der Waals surface area contributed by atoms with Crippen LogP contribution in [0.2, 0.25) is 5.02 Å². The first kappa shape index (κ1) is 74.7. The number of sulfone groups is 1. The number of likely N-dealkylation sites (tertiary alicyclic amines) is 1. The Morgan fingerprint density at radius 3 is 2.22 bits per heavy atom. The summed E-state index contributed by atoms with van der Waals surface area (Å²) in [4.78, 5) is 31.6. The number of halogens is 4. The molecule has 5 unspecified atom stereocenters. The van der Waals surface area contributed by atoms with Gasteiger partial charge in [0.2, 0.25) is 5.91 Å². The van der Waals surface area contributed by atoms with Crippen LogP contribution in [0.1, 0.15) is 189 Å². The molecule has 2 aliphatic carbocycles. The molecule has 0 bridgehead atoms. The largest absolute Gasteiger partial charge is 0.417 e. The van der Waals surface area contributed by atoms with Crippen molar-refractivity contribution in [1.29, 1.82) is 0 Å². The minimum Gasteiger partial charge on any atom is -0.390 e. The lowest BCUT2D eigenvalue weighted by Crippen LogP contribution is -2.76. The minimum absolute atomic E-state index is 0.0180. The smallest absolute Gasteiger partial charge is 0.390 e. The van der Waals surface area contributed by atoms with Crippen molar-refractivity contribution in [3.63, 3.8) is 0 Å². The molecular weight excluding hydrogens is 1190 g/mol. The molecule has 1 amide bonds. The molecule has 3 saturated heterocycles. The number of carbonyl (C=O) groups is 1. The van der Waals surface area contributed by atoms with Crippen molar-refractivity contribution in [2.24, 2.45) is 28.7 Å². The van der Waals surface area contributed by atoms with Crippen LogP contribution < -0.4 is 31.9 Å². The zero-order chi connectivity index (χ0) is 66.0. The number of piperidine rings is 1. The van der Waals surface area contributed by atoms with Crippen molar-refractivity contribution in [2.75, 3.05) is 78.5 Å². The number of benzene rings is 1. The summed E-state index contributed by atoms with van der Waals surface area (Å²) in [5.41, 5.74) is 3.07. The Kier molecular flexibility index (Phi) is 29.0. The summed E-state index contributed by atoms with van der Waals surface area (Å²) >= 11 is 6.19. The third-order valence-electron chi connectivity index (χ3n) is 21.0. The minimum atomic E-state index is -4.53. The summed E-state index contributed by atoms with van der Waals surface area (Å²) in [7, 11) is 0.988. The molecule has 4 aliphatic heterocycles. The highest BCUT2D eigenvalue weighted by atomic mass is 35.5. The highest BCUT2D eigenvalue weighted by Crippen LogP contribution is 2.41. The standard InChI is InChI=1S/C71H120ClF3N12O3S/c1-50(2)42-65-53(6)79-46-66-67(69(88)85-37-19-14-20-38-85)56(9)87(66)68(51(3)4)54(7)82-70(31-17-18-32-70)49-77-35-34-76-33-29-59(27-25-58-26-28-63(64(72)44-58)71(73,74)75)78-36-40-83(10)47-62(43-57-22-15-13-16-23-57)84(11)48-61-24-21-39-86(61)55(8)52(5)81-60(45-80-65)30-41-91(12,89)90/h26,28-29,33,36,40,44,47-48,50-57,60,65-68,76-77,79-82H,13-25,27,30-32,34-35,37-39,41-43,45-46,49H2,1-12H3/t52?,53?,54?,55-,56?,60-,65-,66?,67-,68-/m0/s1. The molecule has 7 rings (SSSR count). The van der Waals surface area contributed by atoms with Crippen molar-refractivity contribution in [3.05, 3.63) is 82.8 Å². The average Bonchev–Trinajstić information content (AvgIpc) is 1.08. The Morgan fingerprint density at radius 2 is 1.55 bits per heavy atom. The van der Waals surface area contributed by atoms with Gasteiger partial charge >= 0.3 is 6.18 Å². The van der Waals surface area contributed by atoms with Gasteiger partial charge in [-0.1, -0.05) is 90.3 Å². The molecule has 6 aliphatic rings. The number of nitrogens with zero attached hydrogens (tertiary/aromatic N) is 6. The second-order valence-electron chi connectivity index (χ2n) is 29.2. The Hall–Kier alpha value is -3.69. The molecule has 15 nitrogen and oxygen atoms in total. The molecular formula is C71H120ClF3N12O3S. The first-order valence-corrected chi connectivity index (χ1v) is 37.7. The number of hydrogen-bond acceptors (Lipinski definition) is 14. The third-order valence-corrected chi connectivity index (χ3v) is 22.2. The summed E-state index contributed by atoms with van der Waals surface area (Å²) < 4.78 is 66.8. The van der Waals surface area contributed by atoms with E-state index in [0.29, 0.717) is 68.1 Å². The van der Waals surface area contributed by atoms with E-state index in [1.54, 1.807) is 0 Å². The Balaban J connectivity index is 1.20. The van der Waals surface area contributed by atoms with Gasteiger partial charge in [0.25, 0.3) is 0 Å². The van der Waals surface area contributed by atoms with E-state index in [9.17, 15) is 26.4 Å². The molecule has 5 fully saturated rings. The van der Waals surface area contributed by atoms with Gasteiger partial charge in [0.05, 0.1) is 22.3 Å². The molecule has 1 aromatic carbocycles. The van der Waals surface area contributed by atoms with Gasteiger partial charge in [-0.25, -0.2) is 8.42 Å². The lowest BCUT2D eigenvalue weighted by molar-refractivity contribution is -0.162. The Bertz CT molecular complexity index is 2690. The number of aliphatic imine (C=N–C) groups is 1. The average molecular weight is 1310 g/mol. The van der Waals surface area contributed by atoms with Gasteiger partial charge in [-0.05, 0) is 159 Å². The van der Waals surface area contributed by atoms with Crippen LogP contribution in [0.4, 0.5) is 13.2 Å². The van der Waals surface area contributed by atoms with Crippen molar-refractivity contribution in [1.82, 2.24) is 56.4 Å². The van der Waals surface area contributed by atoms with Gasteiger partial charge in [-0.2, -0.15) is 13.2 Å². The molecule has 0 radical (unpaired) electrons. The van der Waals surface area contributed by atoms with Gasteiger partial charge in [-0.3, -0.25) is 14.7 Å². The molecule has 0 aromatic heterocycles. The van der Waals surface area contributed by atoms with Crippen LogP contribution >= 0.6 is 11.6 Å². The number of carbonyl (C=O) groups excluding carboxylic acids is 1. The molecule has 10 atom stereocenters. The monoisotopic (exact) mass is 1310 g/mol. The van der Waals surface area contributed by atoms with Crippen LogP contribution in [0.25, 0.3) is 0 Å². The topological polar surface area (TPSA) is 152 Å². The summed E-state index contributed by atoms with van der Waals surface area (Å²) in [6.07, 6.45) is 28.4. The van der Waals surface area contributed by atoms with Crippen molar-refractivity contribution in [2.45, 2.75) is 250 Å². The van der Waals surface area contributed by atoms with Crippen LogP contribution in [0, 0.1) is 23.7 Å². The quantitative estimate of drug-likeness (QED) is 0.118. The number of alkyl halides is 3. The second kappa shape index (κ2) is 35.3. The van der Waals surface area contributed by atoms with E-state index < -0.39 is 21.6 Å². The van der Waals surface area contributed by atoms with Crippen LogP contribution in [-0.2, 0) is 27.2 Å². The van der Waals surface area contributed by atoms with E-state index in [-0.39, 0.29) is 76.6 Å². The summed E-state index contributed by atoms with van der Waals surface area (Å²) in [5, 5.41) is 23.3. The van der Waals surface area contributed by atoms with E-state index in [1.807, 2.05) is 31.7 Å². The predicted octanol–water partition coefficient (Wildman–Crippen LogP) is 11.7. The van der Waals surface area contributed by atoms with Crippen molar-refractivity contribution in [3.8, 4) is 0 Å². The number of hydrogen-bond donors (Lipinski definition) is 6. The van der Waals surface area contributed by atoms with Gasteiger partial charge in [0, 0.05) is 175 Å². The van der Waals surface area contributed by atoms with E-state index in [4.69, 9.17) is 16.6 Å².